The van der Waals surface area contributed by atoms with Crippen LogP contribution in [0.5, 0.6) is 5.75 Å². The lowest BCUT2D eigenvalue weighted by Gasteiger charge is -2.14. The number of nitrogens with two attached hydrogens (primary N) is 1. The van der Waals surface area contributed by atoms with Crippen molar-refractivity contribution in [3.63, 3.8) is 0 Å². The number of ketones is 1. The molecule has 0 aliphatic rings. The van der Waals surface area contributed by atoms with Gasteiger partial charge < -0.3 is 15.6 Å². The topological polar surface area (TPSA) is 103 Å². The van der Waals surface area contributed by atoms with Gasteiger partial charge in [-0.2, -0.15) is 0 Å². The number of nitrogen functional groups attached to an aromatic ring is 1. The monoisotopic (exact) mass is 348 g/mol. The summed E-state index contributed by atoms with van der Waals surface area (Å²) >= 11 is 0. The van der Waals surface area contributed by atoms with Crippen LogP contribution < -0.4 is 10.5 Å². The number of pyridine rings is 1. The van der Waals surface area contributed by atoms with E-state index in [0.717, 1.165) is 0 Å². The van der Waals surface area contributed by atoms with Gasteiger partial charge in [-0.15, -0.1) is 0 Å². The second kappa shape index (κ2) is 7.48. The van der Waals surface area contributed by atoms with E-state index in [4.69, 9.17) is 10.5 Å². The number of aromatic carboxylic acids is 1. The maximum Gasteiger partial charge on any atom is 0.335 e. The summed E-state index contributed by atoms with van der Waals surface area (Å²) in [6.07, 6.45) is 1.62. The zero-order chi connectivity index (χ0) is 18.5. The summed E-state index contributed by atoms with van der Waals surface area (Å²) < 4.78 is 5.71. The van der Waals surface area contributed by atoms with Crippen LogP contribution in [-0.2, 0) is 6.61 Å². The molecule has 26 heavy (non-hydrogen) atoms. The molecule has 0 unspecified atom stereocenters. The second-order valence-electron chi connectivity index (χ2n) is 5.55. The second-order valence-corrected chi connectivity index (χ2v) is 5.55. The van der Waals surface area contributed by atoms with Crippen LogP contribution in [0.4, 0.5) is 5.69 Å². The third-order valence-corrected chi connectivity index (χ3v) is 3.74. The number of hydrogen-bond donors (Lipinski definition) is 2. The first-order valence-electron chi connectivity index (χ1n) is 7.85. The number of anilines is 1. The van der Waals surface area contributed by atoms with Gasteiger partial charge in [0.15, 0.2) is 5.78 Å². The fraction of sp³-hybridized carbons (Fsp3) is 0.0500. The molecular formula is C20H16N2O4. The number of rotatable bonds is 6. The third kappa shape index (κ3) is 3.70. The van der Waals surface area contributed by atoms with Crippen molar-refractivity contribution in [2.45, 2.75) is 6.61 Å². The van der Waals surface area contributed by atoms with Crippen LogP contribution in [0, 0.1) is 0 Å². The summed E-state index contributed by atoms with van der Waals surface area (Å²) in [4.78, 5) is 28.3. The highest BCUT2D eigenvalue weighted by Gasteiger charge is 2.21. The number of carbonyl (C=O) groups is 2. The molecule has 6 nitrogen and oxygen atoms in total. The van der Waals surface area contributed by atoms with E-state index in [1.165, 1.54) is 12.1 Å². The van der Waals surface area contributed by atoms with Gasteiger partial charge in [0.1, 0.15) is 12.4 Å². The van der Waals surface area contributed by atoms with Crippen molar-refractivity contribution in [3.05, 3.63) is 89.2 Å². The molecular weight excluding hydrogens is 332 g/mol. The zero-order valence-corrected chi connectivity index (χ0v) is 13.8. The summed E-state index contributed by atoms with van der Waals surface area (Å²) in [6.45, 7) is 0.0818. The predicted molar refractivity (Wildman–Crippen MR) is 96.3 cm³/mol. The van der Waals surface area contributed by atoms with Crippen molar-refractivity contribution in [3.8, 4) is 5.75 Å². The molecule has 3 aromatic rings. The van der Waals surface area contributed by atoms with Crippen LogP contribution in [0.2, 0.25) is 0 Å². The predicted octanol–water partition coefficient (Wildman–Crippen LogP) is 3.17. The largest absolute Gasteiger partial charge is 0.486 e. The number of benzene rings is 2. The number of carboxylic acids is 1. The number of ether oxygens (including phenoxy) is 1. The van der Waals surface area contributed by atoms with Crippen molar-refractivity contribution < 1.29 is 19.4 Å². The highest BCUT2D eigenvalue weighted by molar-refractivity contribution is 6.14. The van der Waals surface area contributed by atoms with Gasteiger partial charge in [-0.1, -0.05) is 36.4 Å². The molecule has 3 N–H and O–H groups in total. The first-order valence-corrected chi connectivity index (χ1v) is 7.85. The Morgan fingerprint density at radius 3 is 2.38 bits per heavy atom. The quantitative estimate of drug-likeness (QED) is 0.524. The average molecular weight is 348 g/mol. The summed E-state index contributed by atoms with van der Waals surface area (Å²) in [5, 5.41) is 9.26. The number of nitrogens with zero attached hydrogens (tertiary/aromatic N) is 1. The Balaban J connectivity index is 2.01. The van der Waals surface area contributed by atoms with Gasteiger partial charge in [-0.05, 0) is 24.3 Å². The normalized spacial score (nSPS) is 10.3. The average Bonchev–Trinajstić information content (AvgIpc) is 2.67. The van der Waals surface area contributed by atoms with E-state index < -0.39 is 5.97 Å². The molecule has 0 saturated heterocycles. The highest BCUT2D eigenvalue weighted by Crippen LogP contribution is 2.30. The van der Waals surface area contributed by atoms with Crippen LogP contribution in [-0.4, -0.2) is 21.8 Å². The smallest absolute Gasteiger partial charge is 0.335 e. The number of aromatic nitrogens is 1. The molecule has 0 spiro atoms. The Bertz CT molecular complexity index is 941. The fourth-order valence-electron chi connectivity index (χ4n) is 2.49. The Kier molecular flexibility index (Phi) is 4.94. The lowest BCUT2D eigenvalue weighted by Crippen LogP contribution is -2.11. The van der Waals surface area contributed by atoms with E-state index in [-0.39, 0.29) is 35.0 Å². The van der Waals surface area contributed by atoms with Gasteiger partial charge in [0.2, 0.25) is 0 Å². The third-order valence-electron chi connectivity index (χ3n) is 3.74. The van der Waals surface area contributed by atoms with E-state index in [2.05, 4.69) is 4.98 Å². The van der Waals surface area contributed by atoms with Crippen LogP contribution >= 0.6 is 0 Å². The summed E-state index contributed by atoms with van der Waals surface area (Å²) in [5.41, 5.74) is 7.20. The molecule has 130 valence electrons. The van der Waals surface area contributed by atoms with E-state index in [1.807, 2.05) is 6.07 Å². The van der Waals surface area contributed by atoms with Gasteiger partial charge in [0.05, 0.1) is 16.8 Å². The van der Waals surface area contributed by atoms with E-state index in [1.54, 1.807) is 48.7 Å². The van der Waals surface area contributed by atoms with E-state index in [0.29, 0.717) is 11.3 Å². The van der Waals surface area contributed by atoms with E-state index in [9.17, 15) is 14.7 Å². The van der Waals surface area contributed by atoms with Gasteiger partial charge >= 0.3 is 5.97 Å². The van der Waals surface area contributed by atoms with Crippen molar-refractivity contribution in [2.75, 3.05) is 5.73 Å². The molecule has 1 aromatic heterocycles. The maximum absolute atomic E-state index is 12.9. The number of carbonyl (C=O) groups excluding carboxylic acids is 1. The molecule has 3 rings (SSSR count). The van der Waals surface area contributed by atoms with Crippen molar-refractivity contribution in [1.82, 2.24) is 4.98 Å². The summed E-state index contributed by atoms with van der Waals surface area (Å²) in [5.74, 6) is -1.38. The summed E-state index contributed by atoms with van der Waals surface area (Å²) in [7, 11) is 0. The zero-order valence-electron chi connectivity index (χ0n) is 13.8. The molecule has 0 radical (unpaired) electrons. The minimum Gasteiger partial charge on any atom is -0.486 e. The minimum absolute atomic E-state index is 0.0507. The molecule has 0 aliphatic carbocycles. The molecule has 0 fully saturated rings. The SMILES string of the molecule is Nc1cc(C(=O)O)cc(OCc2ccccn2)c1C(=O)c1ccccc1. The Morgan fingerprint density at radius 1 is 1.00 bits per heavy atom. The number of hydrogen-bond acceptors (Lipinski definition) is 5. The molecule has 0 saturated carbocycles. The highest BCUT2D eigenvalue weighted by atomic mass is 16.5. The van der Waals surface area contributed by atoms with Crippen molar-refractivity contribution >= 4 is 17.4 Å². The summed E-state index contributed by atoms with van der Waals surface area (Å²) in [6, 6.07) is 16.5. The molecule has 0 bridgehead atoms. The van der Waals surface area contributed by atoms with Crippen molar-refractivity contribution in [1.29, 1.82) is 0 Å². The molecule has 2 aromatic carbocycles. The Hall–Kier alpha value is -3.67. The molecule has 0 aliphatic heterocycles. The first-order chi connectivity index (χ1) is 12.6. The molecule has 0 amide bonds. The lowest BCUT2D eigenvalue weighted by atomic mass is 9.99. The fourth-order valence-corrected chi connectivity index (χ4v) is 2.49. The van der Waals surface area contributed by atoms with E-state index >= 15 is 0 Å². The standard InChI is InChI=1S/C20H16N2O4/c21-16-10-14(20(24)25)11-17(26-12-15-8-4-5-9-22-15)18(16)19(23)13-6-2-1-3-7-13/h1-11H,12,21H2,(H,24,25). The minimum atomic E-state index is -1.15. The number of carboxylic acid groups (broad SMARTS) is 1. The maximum atomic E-state index is 12.9. The van der Waals surface area contributed by atoms with Crippen LogP contribution in [0.25, 0.3) is 0 Å². The molecule has 0 atom stereocenters. The van der Waals surface area contributed by atoms with Crippen LogP contribution in [0.1, 0.15) is 32.0 Å². The Morgan fingerprint density at radius 2 is 1.73 bits per heavy atom. The lowest BCUT2D eigenvalue weighted by molar-refractivity contribution is 0.0695. The van der Waals surface area contributed by atoms with Gasteiger partial charge in [0.25, 0.3) is 0 Å². The van der Waals surface area contributed by atoms with Crippen molar-refractivity contribution in [2.24, 2.45) is 0 Å². The van der Waals surface area contributed by atoms with Gasteiger partial charge in [-0.25, -0.2) is 4.79 Å². The molecule has 6 heteroatoms. The Labute approximate surface area is 149 Å². The van der Waals surface area contributed by atoms with Crippen LogP contribution in [0.3, 0.4) is 0 Å². The van der Waals surface area contributed by atoms with Gasteiger partial charge in [0, 0.05) is 17.4 Å². The molecule has 1 heterocycles. The first kappa shape index (κ1) is 17.2. The van der Waals surface area contributed by atoms with Crippen LogP contribution in [0.15, 0.2) is 66.9 Å². The van der Waals surface area contributed by atoms with Gasteiger partial charge in [-0.3, -0.25) is 9.78 Å².